The Morgan fingerprint density at radius 1 is 1.67 bits per heavy atom. The highest BCUT2D eigenvalue weighted by Crippen LogP contribution is 2.46. The second-order valence-electron chi connectivity index (χ2n) is 3.86. The van der Waals surface area contributed by atoms with Crippen LogP contribution in [0.5, 0.6) is 0 Å². The molecular weight excluding hydrogens is 150 g/mol. The second-order valence-corrected chi connectivity index (χ2v) is 3.86. The highest BCUT2D eigenvalue weighted by Gasteiger charge is 2.41. The summed E-state index contributed by atoms with van der Waals surface area (Å²) < 4.78 is 1.85. The third-order valence-corrected chi connectivity index (χ3v) is 2.72. The lowest BCUT2D eigenvalue weighted by molar-refractivity contribution is 0.509. The van der Waals surface area contributed by atoms with E-state index in [1.54, 1.807) is 0 Å². The molecule has 0 atom stereocenters. The molecule has 2 rings (SSSR count). The molecule has 0 saturated heterocycles. The summed E-state index contributed by atoms with van der Waals surface area (Å²) in [4.78, 5) is 0. The molecule has 0 bridgehead atoms. The Hall–Kier alpha value is -0.830. The summed E-state index contributed by atoms with van der Waals surface area (Å²) in [5.74, 6) is 0. The van der Waals surface area contributed by atoms with Crippen LogP contribution in [0.1, 0.15) is 18.5 Å². The Kier molecular flexibility index (Phi) is 1.68. The SMILES string of the molecule is Cn1ccc(CC2(CN)CC2)n1. The lowest BCUT2D eigenvalue weighted by Gasteiger charge is -2.08. The highest BCUT2D eigenvalue weighted by atomic mass is 15.2. The first kappa shape index (κ1) is 7.80. The average Bonchev–Trinajstić information content (AvgIpc) is 2.71. The first-order valence-electron chi connectivity index (χ1n) is 4.43. The molecule has 0 aromatic carbocycles. The maximum atomic E-state index is 5.69. The second kappa shape index (κ2) is 2.59. The van der Waals surface area contributed by atoms with Crippen LogP contribution < -0.4 is 5.73 Å². The Bertz CT molecular complexity index is 273. The monoisotopic (exact) mass is 165 g/mol. The standard InChI is InChI=1S/C9H15N3/c1-12-5-2-8(11-12)6-9(7-10)3-4-9/h2,5H,3-4,6-7,10H2,1H3. The number of aryl methyl sites for hydroxylation is 1. The van der Waals surface area contributed by atoms with Crippen LogP contribution in [0.4, 0.5) is 0 Å². The maximum Gasteiger partial charge on any atom is 0.0630 e. The van der Waals surface area contributed by atoms with E-state index < -0.39 is 0 Å². The number of nitrogens with zero attached hydrogens (tertiary/aromatic N) is 2. The van der Waals surface area contributed by atoms with Crippen LogP contribution in [0.15, 0.2) is 12.3 Å². The molecule has 1 saturated carbocycles. The van der Waals surface area contributed by atoms with Gasteiger partial charge in [0.05, 0.1) is 5.69 Å². The third-order valence-electron chi connectivity index (χ3n) is 2.72. The van der Waals surface area contributed by atoms with Gasteiger partial charge in [-0.1, -0.05) is 0 Å². The van der Waals surface area contributed by atoms with Gasteiger partial charge < -0.3 is 5.73 Å². The van der Waals surface area contributed by atoms with E-state index in [2.05, 4.69) is 11.2 Å². The van der Waals surface area contributed by atoms with Crippen molar-refractivity contribution in [3.8, 4) is 0 Å². The lowest BCUT2D eigenvalue weighted by atomic mass is 10.0. The first-order chi connectivity index (χ1) is 5.74. The minimum atomic E-state index is 0.411. The Morgan fingerprint density at radius 2 is 2.42 bits per heavy atom. The molecule has 66 valence electrons. The zero-order valence-electron chi connectivity index (χ0n) is 7.45. The summed E-state index contributed by atoms with van der Waals surface area (Å²) in [6, 6.07) is 2.08. The van der Waals surface area contributed by atoms with Crippen molar-refractivity contribution >= 4 is 0 Å². The van der Waals surface area contributed by atoms with Gasteiger partial charge in [0.2, 0.25) is 0 Å². The molecule has 1 fully saturated rings. The number of nitrogens with two attached hydrogens (primary N) is 1. The van der Waals surface area contributed by atoms with E-state index >= 15 is 0 Å². The zero-order chi connectivity index (χ0) is 8.60. The fraction of sp³-hybridized carbons (Fsp3) is 0.667. The van der Waals surface area contributed by atoms with Gasteiger partial charge in [0.1, 0.15) is 0 Å². The van der Waals surface area contributed by atoms with Crippen LogP contribution in [0, 0.1) is 5.41 Å². The van der Waals surface area contributed by atoms with Crippen LogP contribution in [-0.4, -0.2) is 16.3 Å². The summed E-state index contributed by atoms with van der Waals surface area (Å²) in [7, 11) is 1.95. The Balaban J connectivity index is 2.04. The average molecular weight is 165 g/mol. The minimum Gasteiger partial charge on any atom is -0.330 e. The van der Waals surface area contributed by atoms with Crippen molar-refractivity contribution in [3.05, 3.63) is 18.0 Å². The van der Waals surface area contributed by atoms with Crippen LogP contribution in [0.3, 0.4) is 0 Å². The predicted octanol–water partition coefficient (Wildman–Crippen LogP) is 0.701. The molecule has 2 N–H and O–H groups in total. The molecule has 1 heterocycles. The Labute approximate surface area is 72.6 Å². The molecule has 0 unspecified atom stereocenters. The van der Waals surface area contributed by atoms with Crippen molar-refractivity contribution in [1.29, 1.82) is 0 Å². The van der Waals surface area contributed by atoms with E-state index in [4.69, 9.17) is 5.73 Å². The van der Waals surface area contributed by atoms with Gasteiger partial charge in [-0.05, 0) is 37.3 Å². The number of hydrogen-bond acceptors (Lipinski definition) is 2. The van der Waals surface area contributed by atoms with Crippen LogP contribution in [-0.2, 0) is 13.5 Å². The van der Waals surface area contributed by atoms with E-state index in [0.717, 1.165) is 13.0 Å². The summed E-state index contributed by atoms with van der Waals surface area (Å²) in [6.45, 7) is 0.809. The van der Waals surface area contributed by atoms with Crippen molar-refractivity contribution < 1.29 is 0 Å². The highest BCUT2D eigenvalue weighted by molar-refractivity contribution is 5.08. The van der Waals surface area contributed by atoms with E-state index in [1.807, 2.05) is 17.9 Å². The van der Waals surface area contributed by atoms with E-state index in [9.17, 15) is 0 Å². The molecule has 0 radical (unpaired) electrons. The molecule has 12 heavy (non-hydrogen) atoms. The number of rotatable bonds is 3. The van der Waals surface area contributed by atoms with Gasteiger partial charge in [0, 0.05) is 13.2 Å². The third kappa shape index (κ3) is 1.37. The first-order valence-corrected chi connectivity index (χ1v) is 4.43. The maximum absolute atomic E-state index is 5.69. The topological polar surface area (TPSA) is 43.8 Å². The predicted molar refractivity (Wildman–Crippen MR) is 47.6 cm³/mol. The number of hydrogen-bond donors (Lipinski definition) is 1. The molecule has 3 heteroatoms. The van der Waals surface area contributed by atoms with Crippen LogP contribution in [0.25, 0.3) is 0 Å². The fourth-order valence-corrected chi connectivity index (χ4v) is 1.57. The molecule has 1 aromatic rings. The molecule has 3 nitrogen and oxygen atoms in total. The summed E-state index contributed by atoms with van der Waals surface area (Å²) in [5.41, 5.74) is 7.28. The van der Waals surface area contributed by atoms with Crippen LogP contribution in [0.2, 0.25) is 0 Å². The molecule has 0 aliphatic heterocycles. The summed E-state index contributed by atoms with van der Waals surface area (Å²) >= 11 is 0. The normalized spacial score (nSPS) is 19.5. The van der Waals surface area contributed by atoms with Gasteiger partial charge in [-0.25, -0.2) is 0 Å². The van der Waals surface area contributed by atoms with Crippen molar-refractivity contribution in [2.45, 2.75) is 19.3 Å². The fourth-order valence-electron chi connectivity index (χ4n) is 1.57. The van der Waals surface area contributed by atoms with E-state index in [0.29, 0.717) is 5.41 Å². The minimum absolute atomic E-state index is 0.411. The van der Waals surface area contributed by atoms with Gasteiger partial charge in [0.25, 0.3) is 0 Å². The van der Waals surface area contributed by atoms with Crippen LogP contribution >= 0.6 is 0 Å². The summed E-state index contributed by atoms with van der Waals surface area (Å²) in [6.07, 6.45) is 5.60. The van der Waals surface area contributed by atoms with Gasteiger partial charge in [0.15, 0.2) is 0 Å². The van der Waals surface area contributed by atoms with Gasteiger partial charge in [-0.3, -0.25) is 4.68 Å². The largest absolute Gasteiger partial charge is 0.330 e. The molecule has 0 amide bonds. The smallest absolute Gasteiger partial charge is 0.0630 e. The molecule has 1 aliphatic rings. The van der Waals surface area contributed by atoms with Crippen molar-refractivity contribution in [3.63, 3.8) is 0 Å². The Morgan fingerprint density at radius 3 is 2.83 bits per heavy atom. The van der Waals surface area contributed by atoms with Gasteiger partial charge >= 0.3 is 0 Å². The summed E-state index contributed by atoms with van der Waals surface area (Å²) in [5, 5.41) is 4.34. The zero-order valence-corrected chi connectivity index (χ0v) is 7.45. The lowest BCUT2D eigenvalue weighted by Crippen LogP contribution is -2.18. The van der Waals surface area contributed by atoms with Gasteiger partial charge in [-0.15, -0.1) is 0 Å². The molecular formula is C9H15N3. The van der Waals surface area contributed by atoms with Crippen molar-refractivity contribution in [2.75, 3.05) is 6.54 Å². The van der Waals surface area contributed by atoms with Gasteiger partial charge in [-0.2, -0.15) is 5.10 Å². The quantitative estimate of drug-likeness (QED) is 0.716. The van der Waals surface area contributed by atoms with E-state index in [-0.39, 0.29) is 0 Å². The molecule has 1 aromatic heterocycles. The van der Waals surface area contributed by atoms with E-state index in [1.165, 1.54) is 18.5 Å². The van der Waals surface area contributed by atoms with Crippen molar-refractivity contribution in [1.82, 2.24) is 9.78 Å². The number of aromatic nitrogens is 2. The molecule has 1 aliphatic carbocycles. The van der Waals surface area contributed by atoms with Crippen molar-refractivity contribution in [2.24, 2.45) is 18.2 Å². The molecule has 0 spiro atoms.